The molecular weight excluding hydrogens is 232 g/mol. The molecule has 0 radical (unpaired) electrons. The normalized spacial score (nSPS) is 9.50. The molecule has 0 aromatic carbocycles. The van der Waals surface area contributed by atoms with Crippen LogP contribution < -0.4 is 5.73 Å². The SMILES string of the molecule is COC(=O)Cc1c(C(=O)O)sc(N)c1C#N. The van der Waals surface area contributed by atoms with Crippen molar-refractivity contribution in [1.29, 1.82) is 5.26 Å². The number of nitrogen functional groups attached to an aromatic ring is 1. The number of esters is 1. The number of anilines is 1. The highest BCUT2D eigenvalue weighted by Gasteiger charge is 2.23. The van der Waals surface area contributed by atoms with Crippen LogP contribution in [0.1, 0.15) is 20.8 Å². The Bertz CT molecular complexity index is 486. The van der Waals surface area contributed by atoms with Crippen molar-refractivity contribution < 1.29 is 19.4 Å². The first-order chi connectivity index (χ1) is 7.51. The highest BCUT2D eigenvalue weighted by molar-refractivity contribution is 7.18. The standard InChI is InChI=1S/C9H8N2O4S/c1-15-6(12)2-4-5(3-10)8(11)16-7(4)9(13)14/h2,11H2,1H3,(H,13,14). The number of hydrogen-bond donors (Lipinski definition) is 2. The van der Waals surface area contributed by atoms with Crippen LogP contribution in [0.2, 0.25) is 0 Å². The van der Waals surface area contributed by atoms with Crippen molar-refractivity contribution in [3.63, 3.8) is 0 Å². The van der Waals surface area contributed by atoms with Crippen LogP contribution in [-0.4, -0.2) is 24.2 Å². The zero-order valence-corrected chi connectivity index (χ0v) is 9.13. The van der Waals surface area contributed by atoms with Gasteiger partial charge in [0.15, 0.2) is 0 Å². The molecule has 3 N–H and O–H groups in total. The van der Waals surface area contributed by atoms with Crippen LogP contribution in [0.25, 0.3) is 0 Å². The van der Waals surface area contributed by atoms with E-state index in [1.165, 1.54) is 7.11 Å². The fraction of sp³-hybridized carbons (Fsp3) is 0.222. The molecule has 0 aliphatic rings. The van der Waals surface area contributed by atoms with Gasteiger partial charge in [-0.2, -0.15) is 5.26 Å². The number of nitrogens with two attached hydrogens (primary N) is 1. The van der Waals surface area contributed by atoms with E-state index in [0.717, 1.165) is 11.3 Å². The van der Waals surface area contributed by atoms with Gasteiger partial charge in [-0.15, -0.1) is 11.3 Å². The van der Waals surface area contributed by atoms with Crippen molar-refractivity contribution in [2.75, 3.05) is 12.8 Å². The molecule has 16 heavy (non-hydrogen) atoms. The third kappa shape index (κ3) is 2.12. The molecule has 0 aliphatic carbocycles. The smallest absolute Gasteiger partial charge is 0.346 e. The molecule has 0 spiro atoms. The molecule has 1 aromatic heterocycles. The molecule has 1 rings (SSSR count). The minimum absolute atomic E-state index is 0.0350. The summed E-state index contributed by atoms with van der Waals surface area (Å²) in [6.07, 6.45) is -0.269. The first-order valence-electron chi connectivity index (χ1n) is 4.12. The number of methoxy groups -OCH3 is 1. The van der Waals surface area contributed by atoms with E-state index in [1.54, 1.807) is 6.07 Å². The number of rotatable bonds is 3. The molecule has 0 bridgehead atoms. The van der Waals surface area contributed by atoms with Crippen LogP contribution in [0.15, 0.2) is 0 Å². The third-order valence-electron chi connectivity index (χ3n) is 1.89. The van der Waals surface area contributed by atoms with Crippen molar-refractivity contribution in [3.8, 4) is 6.07 Å². The van der Waals surface area contributed by atoms with Gasteiger partial charge in [0.2, 0.25) is 0 Å². The molecule has 6 nitrogen and oxygen atoms in total. The molecule has 1 aromatic rings. The van der Waals surface area contributed by atoms with E-state index in [-0.39, 0.29) is 27.4 Å². The average molecular weight is 240 g/mol. The monoisotopic (exact) mass is 240 g/mol. The zero-order chi connectivity index (χ0) is 12.3. The van der Waals surface area contributed by atoms with Gasteiger partial charge >= 0.3 is 11.9 Å². The van der Waals surface area contributed by atoms with E-state index in [1.807, 2.05) is 0 Å². The van der Waals surface area contributed by atoms with Gasteiger partial charge in [0.25, 0.3) is 0 Å². The van der Waals surface area contributed by atoms with Crippen molar-refractivity contribution in [2.45, 2.75) is 6.42 Å². The van der Waals surface area contributed by atoms with Gasteiger partial charge in [0, 0.05) is 5.56 Å². The largest absolute Gasteiger partial charge is 0.477 e. The third-order valence-corrected chi connectivity index (χ3v) is 2.94. The molecule has 0 saturated carbocycles. The van der Waals surface area contributed by atoms with Crippen molar-refractivity contribution >= 4 is 28.3 Å². The van der Waals surface area contributed by atoms with Gasteiger partial charge in [-0.25, -0.2) is 4.79 Å². The summed E-state index contributed by atoms with van der Waals surface area (Å²) in [5, 5.41) is 17.8. The zero-order valence-electron chi connectivity index (χ0n) is 8.31. The van der Waals surface area contributed by atoms with Crippen LogP contribution in [0.3, 0.4) is 0 Å². The number of carbonyl (C=O) groups is 2. The Labute approximate surface area is 94.9 Å². The number of thiophene rings is 1. The number of carboxylic acid groups (broad SMARTS) is 1. The van der Waals surface area contributed by atoms with Gasteiger partial charge < -0.3 is 15.6 Å². The van der Waals surface area contributed by atoms with Crippen LogP contribution in [0.4, 0.5) is 5.00 Å². The predicted molar refractivity (Wildman–Crippen MR) is 56.1 cm³/mol. The Morgan fingerprint density at radius 3 is 2.69 bits per heavy atom. The molecule has 0 fully saturated rings. The molecule has 84 valence electrons. The van der Waals surface area contributed by atoms with Crippen molar-refractivity contribution in [1.82, 2.24) is 0 Å². The van der Waals surface area contributed by atoms with E-state index >= 15 is 0 Å². The summed E-state index contributed by atoms with van der Waals surface area (Å²) in [6, 6.07) is 1.78. The van der Waals surface area contributed by atoms with Gasteiger partial charge in [-0.3, -0.25) is 4.79 Å². The lowest BCUT2D eigenvalue weighted by Crippen LogP contribution is -2.08. The Morgan fingerprint density at radius 2 is 2.25 bits per heavy atom. The molecule has 0 atom stereocenters. The number of ether oxygens (including phenoxy) is 1. The fourth-order valence-corrected chi connectivity index (χ4v) is 2.04. The number of nitrogens with zero attached hydrogens (tertiary/aromatic N) is 1. The topological polar surface area (TPSA) is 113 Å². The summed E-state index contributed by atoms with van der Waals surface area (Å²) < 4.78 is 4.42. The molecular formula is C9H8N2O4S. The van der Waals surface area contributed by atoms with E-state index in [4.69, 9.17) is 16.1 Å². The van der Waals surface area contributed by atoms with Gasteiger partial charge in [-0.05, 0) is 0 Å². The number of nitriles is 1. The van der Waals surface area contributed by atoms with E-state index in [0.29, 0.717) is 0 Å². The lowest BCUT2D eigenvalue weighted by atomic mass is 10.1. The molecule has 0 amide bonds. The first kappa shape index (κ1) is 12.0. The Hall–Kier alpha value is -2.07. The van der Waals surface area contributed by atoms with Crippen LogP contribution in [-0.2, 0) is 16.0 Å². The van der Waals surface area contributed by atoms with E-state index < -0.39 is 11.9 Å². The van der Waals surface area contributed by atoms with E-state index in [2.05, 4.69) is 4.74 Å². The summed E-state index contributed by atoms with van der Waals surface area (Å²) in [6.45, 7) is 0. The van der Waals surface area contributed by atoms with Crippen LogP contribution >= 0.6 is 11.3 Å². The molecule has 1 heterocycles. The summed E-state index contributed by atoms with van der Waals surface area (Å²) in [7, 11) is 1.19. The maximum Gasteiger partial charge on any atom is 0.346 e. The molecule has 0 saturated heterocycles. The van der Waals surface area contributed by atoms with E-state index in [9.17, 15) is 9.59 Å². The number of aromatic carboxylic acids is 1. The average Bonchev–Trinajstić information content (AvgIpc) is 2.55. The van der Waals surface area contributed by atoms with Gasteiger partial charge in [-0.1, -0.05) is 0 Å². The second kappa shape index (κ2) is 4.63. The van der Waals surface area contributed by atoms with Crippen LogP contribution in [0, 0.1) is 11.3 Å². The van der Waals surface area contributed by atoms with Crippen LogP contribution in [0.5, 0.6) is 0 Å². The summed E-state index contributed by atoms with van der Waals surface area (Å²) in [5.74, 6) is -1.83. The quantitative estimate of drug-likeness (QED) is 0.748. The van der Waals surface area contributed by atoms with Crippen molar-refractivity contribution in [3.05, 3.63) is 16.0 Å². The Morgan fingerprint density at radius 1 is 1.62 bits per heavy atom. The second-order valence-corrected chi connectivity index (χ2v) is 3.87. The highest BCUT2D eigenvalue weighted by Crippen LogP contribution is 2.31. The maximum atomic E-state index is 11.1. The first-order valence-corrected chi connectivity index (χ1v) is 4.94. The number of carbonyl (C=O) groups excluding carboxylic acids is 1. The fourth-order valence-electron chi connectivity index (χ4n) is 1.17. The van der Waals surface area contributed by atoms with Gasteiger partial charge in [0.05, 0.1) is 19.1 Å². The van der Waals surface area contributed by atoms with Gasteiger partial charge in [0.1, 0.15) is 15.9 Å². The summed E-state index contributed by atoms with van der Waals surface area (Å²) in [5.41, 5.74) is 5.64. The molecule has 7 heteroatoms. The highest BCUT2D eigenvalue weighted by atomic mass is 32.1. The lowest BCUT2D eigenvalue weighted by molar-refractivity contribution is -0.139. The minimum Gasteiger partial charge on any atom is -0.477 e. The number of hydrogen-bond acceptors (Lipinski definition) is 6. The maximum absolute atomic E-state index is 11.1. The lowest BCUT2D eigenvalue weighted by Gasteiger charge is -1.99. The molecule has 0 unspecified atom stereocenters. The second-order valence-electron chi connectivity index (χ2n) is 2.82. The van der Waals surface area contributed by atoms with Crippen molar-refractivity contribution in [2.24, 2.45) is 0 Å². The Kier molecular flexibility index (Phi) is 3.48. The molecule has 0 aliphatic heterocycles. The predicted octanol–water partition coefficient (Wildman–Crippen LogP) is 0.616. The minimum atomic E-state index is -1.21. The summed E-state index contributed by atoms with van der Waals surface area (Å²) >= 11 is 0.774. The Balaban J connectivity index is 3.27. The number of carboxylic acids is 1. The summed E-state index contributed by atoms with van der Waals surface area (Å²) in [4.78, 5) is 21.8.